The maximum absolute atomic E-state index is 15.7. The van der Waals surface area contributed by atoms with Gasteiger partial charge < -0.3 is 49.0 Å². The summed E-state index contributed by atoms with van der Waals surface area (Å²) >= 11 is 0. The molecule has 2 aromatic carbocycles. The molecule has 3 aliphatic carbocycles. The average Bonchev–Trinajstić information content (AvgIpc) is 3.20. The van der Waals surface area contributed by atoms with Crippen LogP contribution in [-0.4, -0.2) is 113 Å². The van der Waals surface area contributed by atoms with Crippen molar-refractivity contribution in [1.29, 1.82) is 0 Å². The van der Waals surface area contributed by atoms with Gasteiger partial charge in [-0.05, 0) is 63.5 Å². The van der Waals surface area contributed by atoms with Gasteiger partial charge in [-0.25, -0.2) is 14.4 Å². The van der Waals surface area contributed by atoms with E-state index in [4.69, 9.17) is 28.3 Å². The second-order valence-corrected chi connectivity index (χ2v) is 18.8. The number of amides is 1. The number of rotatable bonds is 12. The second-order valence-electron chi connectivity index (χ2n) is 18.8. The monoisotopic (exact) mass is 861 g/mol. The van der Waals surface area contributed by atoms with Crippen LogP contribution in [0, 0.1) is 16.7 Å². The van der Waals surface area contributed by atoms with Gasteiger partial charge in [-0.15, -0.1) is 0 Å². The van der Waals surface area contributed by atoms with Crippen molar-refractivity contribution in [2.24, 2.45) is 16.7 Å². The molecule has 1 unspecified atom stereocenters. The van der Waals surface area contributed by atoms with Crippen molar-refractivity contribution in [1.82, 2.24) is 5.32 Å². The molecule has 336 valence electrons. The molecule has 4 N–H and O–H groups in total. The standard InChI is InChI=1S/C46H60BNO14/c1-10-21-47-62-35-32-25(2)29(58-40(54)34(51)33(27-17-13-11-14-18-27)48-41(55)61-42(4,5)6)23-46(56,43(32,7)8)38(59-39(53)28-19-15-12-16-20-28)36-44(9,37(35)52)30(50)22-31-45(36,24-57-31)60-26(3)49/h11-20,29-31,33-36,38,47,50-51,56H,10,21-24H2,1-9H3,(H,48,55)/t29-,30?,31+,33-,34+,35+,36-,38-,44+,45-,46+/m0/s1. The summed E-state index contributed by atoms with van der Waals surface area (Å²) in [7, 11) is 0.0978. The number of aliphatic hydroxyl groups is 3. The van der Waals surface area contributed by atoms with E-state index in [9.17, 15) is 34.5 Å². The van der Waals surface area contributed by atoms with Crippen LogP contribution in [0.4, 0.5) is 4.79 Å². The summed E-state index contributed by atoms with van der Waals surface area (Å²) in [6, 6.07) is 14.9. The molecular formula is C46H60BNO14. The molecule has 6 rings (SSSR count). The number of hydrogen-bond donors (Lipinski definition) is 4. The van der Waals surface area contributed by atoms with E-state index < -0.39 is 112 Å². The fourth-order valence-corrected chi connectivity index (χ4v) is 10.0. The number of ether oxygens (including phenoxy) is 5. The van der Waals surface area contributed by atoms with Crippen molar-refractivity contribution in [3.63, 3.8) is 0 Å². The molecule has 2 saturated carbocycles. The molecule has 2 aromatic rings. The molecule has 16 heteroatoms. The van der Waals surface area contributed by atoms with Crippen LogP contribution in [0.25, 0.3) is 0 Å². The van der Waals surface area contributed by atoms with Gasteiger partial charge in [0.25, 0.3) is 7.48 Å². The first-order valence-corrected chi connectivity index (χ1v) is 21.3. The first-order valence-electron chi connectivity index (χ1n) is 21.3. The summed E-state index contributed by atoms with van der Waals surface area (Å²) in [5.41, 5.74) is -7.24. The zero-order chi connectivity index (χ0) is 45.6. The number of esters is 3. The Kier molecular flexibility index (Phi) is 13.2. The van der Waals surface area contributed by atoms with Gasteiger partial charge in [0.05, 0.1) is 35.6 Å². The summed E-state index contributed by atoms with van der Waals surface area (Å²) < 4.78 is 36.6. The van der Waals surface area contributed by atoms with Gasteiger partial charge >= 0.3 is 24.0 Å². The van der Waals surface area contributed by atoms with E-state index in [-0.39, 0.29) is 31.6 Å². The third-order valence-electron chi connectivity index (χ3n) is 13.3. The number of aliphatic hydroxyl groups excluding tert-OH is 2. The fourth-order valence-electron chi connectivity index (χ4n) is 10.0. The molecule has 3 fully saturated rings. The molecule has 1 heterocycles. The van der Waals surface area contributed by atoms with Crippen molar-refractivity contribution < 1.29 is 67.6 Å². The predicted molar refractivity (Wildman–Crippen MR) is 225 cm³/mol. The van der Waals surface area contributed by atoms with E-state index in [1.54, 1.807) is 90.1 Å². The highest BCUT2D eigenvalue weighted by Crippen LogP contribution is 2.64. The largest absolute Gasteiger partial charge is 0.456 e. The predicted octanol–water partition coefficient (Wildman–Crippen LogP) is 4.46. The van der Waals surface area contributed by atoms with Crippen molar-refractivity contribution >= 4 is 37.3 Å². The van der Waals surface area contributed by atoms with Crippen LogP contribution in [0.3, 0.4) is 0 Å². The number of fused-ring (bicyclic) bond motifs is 5. The van der Waals surface area contributed by atoms with E-state index in [1.165, 1.54) is 26.0 Å². The Morgan fingerprint density at radius 3 is 2.19 bits per heavy atom. The minimum Gasteiger partial charge on any atom is -0.456 e. The lowest BCUT2D eigenvalue weighted by Gasteiger charge is -2.67. The smallest absolute Gasteiger partial charge is 0.408 e. The van der Waals surface area contributed by atoms with Crippen molar-refractivity contribution in [2.75, 3.05) is 6.61 Å². The molecule has 1 aliphatic heterocycles. The zero-order valence-corrected chi connectivity index (χ0v) is 37.0. The number of carbonyl (C=O) groups is 5. The summed E-state index contributed by atoms with van der Waals surface area (Å²) in [6.45, 7) is 14.4. The van der Waals surface area contributed by atoms with Crippen LogP contribution in [0.15, 0.2) is 71.8 Å². The van der Waals surface area contributed by atoms with E-state index in [2.05, 4.69) is 5.32 Å². The lowest BCUT2D eigenvalue weighted by molar-refractivity contribution is -0.345. The molecule has 2 bridgehead atoms. The highest BCUT2D eigenvalue weighted by molar-refractivity contribution is 6.27. The van der Waals surface area contributed by atoms with Crippen LogP contribution in [0.5, 0.6) is 0 Å². The zero-order valence-electron chi connectivity index (χ0n) is 37.0. The van der Waals surface area contributed by atoms with Gasteiger partial charge in [0.1, 0.15) is 35.6 Å². The molecule has 0 aromatic heterocycles. The third-order valence-corrected chi connectivity index (χ3v) is 13.3. The topological polar surface area (TPSA) is 213 Å². The maximum atomic E-state index is 15.7. The minimum absolute atomic E-state index is 0.0978. The van der Waals surface area contributed by atoms with Gasteiger partial charge in [0, 0.05) is 25.2 Å². The van der Waals surface area contributed by atoms with Gasteiger partial charge in [-0.3, -0.25) is 9.59 Å². The molecule has 1 saturated heterocycles. The number of hydrogen-bond acceptors (Lipinski definition) is 14. The summed E-state index contributed by atoms with van der Waals surface area (Å²) in [4.78, 5) is 70.4. The quantitative estimate of drug-likeness (QED) is 0.0763. The normalized spacial score (nSPS) is 32.2. The molecule has 4 aliphatic rings. The SMILES string of the molecule is CCCBO[C@H]1C(=O)[C@]2(C)C(O)C[C@H]3OC[C@@]3(OC(C)=O)[C@H]2[C@H](OC(=O)c2ccccc2)[C@]2(O)C[C@H](OC(=O)[C@H](O)[C@@H](NC(=O)OC(C)(C)C)c3ccccc3)C(C)=C1C2(C)C. The summed E-state index contributed by atoms with van der Waals surface area (Å²) in [5, 5.41) is 40.3. The van der Waals surface area contributed by atoms with E-state index in [1.807, 2.05) is 6.92 Å². The number of carbonyl (C=O) groups excluding carboxylic acids is 5. The lowest BCUT2D eigenvalue weighted by atomic mass is 9.44. The molecular weight excluding hydrogens is 801 g/mol. The maximum Gasteiger partial charge on any atom is 0.408 e. The first-order chi connectivity index (χ1) is 29.0. The van der Waals surface area contributed by atoms with E-state index in [0.29, 0.717) is 23.9 Å². The van der Waals surface area contributed by atoms with Crippen LogP contribution in [0.1, 0.15) is 104 Å². The first kappa shape index (κ1) is 46.9. The van der Waals surface area contributed by atoms with Gasteiger partial charge in [-0.2, -0.15) is 0 Å². The molecule has 11 atom stereocenters. The number of Topliss-reactive ketones (excluding diaryl/α,β-unsaturated/α-hetero) is 1. The molecule has 15 nitrogen and oxygen atoms in total. The Morgan fingerprint density at radius 1 is 1.00 bits per heavy atom. The van der Waals surface area contributed by atoms with Crippen molar-refractivity contribution in [2.45, 2.75) is 147 Å². The van der Waals surface area contributed by atoms with Crippen LogP contribution in [0.2, 0.25) is 6.32 Å². The number of benzene rings is 2. The number of ketones is 1. The summed E-state index contributed by atoms with van der Waals surface area (Å²) in [6.07, 6.45) is -9.22. The molecule has 0 spiro atoms. The minimum atomic E-state index is -2.28. The number of alkyl carbamates (subject to hydrolysis) is 1. The van der Waals surface area contributed by atoms with Gasteiger partial charge in [-0.1, -0.05) is 82.0 Å². The second kappa shape index (κ2) is 17.5. The fraction of sp³-hybridized carbons (Fsp3) is 0.587. The highest BCUT2D eigenvalue weighted by Gasteiger charge is 2.78. The van der Waals surface area contributed by atoms with Crippen LogP contribution in [-0.2, 0) is 42.7 Å². The Bertz CT molecular complexity index is 2050. The van der Waals surface area contributed by atoms with E-state index >= 15 is 4.79 Å². The van der Waals surface area contributed by atoms with Crippen molar-refractivity contribution in [3.8, 4) is 0 Å². The van der Waals surface area contributed by atoms with Crippen molar-refractivity contribution in [3.05, 3.63) is 82.9 Å². The Balaban J connectivity index is 1.53. The Labute approximate surface area is 363 Å². The van der Waals surface area contributed by atoms with E-state index in [0.717, 1.165) is 0 Å². The summed E-state index contributed by atoms with van der Waals surface area (Å²) in [5.74, 6) is -4.85. The average molecular weight is 862 g/mol. The highest BCUT2D eigenvalue weighted by atomic mass is 16.6. The number of nitrogens with one attached hydrogen (secondary N) is 1. The Morgan fingerprint density at radius 2 is 1.63 bits per heavy atom. The van der Waals surface area contributed by atoms with Gasteiger partial charge in [0.2, 0.25) is 0 Å². The third kappa shape index (κ3) is 8.32. The van der Waals surface area contributed by atoms with Gasteiger partial charge in [0.15, 0.2) is 17.5 Å². The molecule has 1 amide bonds. The Hall–Kier alpha value is -4.61. The van der Waals surface area contributed by atoms with Crippen LogP contribution >= 0.6 is 0 Å². The lowest BCUT2D eigenvalue weighted by Crippen LogP contribution is -2.82. The molecule has 0 radical (unpaired) electrons. The molecule has 62 heavy (non-hydrogen) atoms. The van der Waals surface area contributed by atoms with Crippen LogP contribution < -0.4 is 5.32 Å².